The number of alkyl carbamates (subject to hydrolysis) is 1. The van der Waals surface area contributed by atoms with Gasteiger partial charge in [0.15, 0.2) is 5.82 Å². The van der Waals surface area contributed by atoms with Gasteiger partial charge in [0.05, 0.1) is 6.04 Å². The number of hydrogen-bond acceptors (Lipinski definition) is 5. The molecule has 0 saturated carbocycles. The maximum Gasteiger partial charge on any atom is 0.408 e. The van der Waals surface area contributed by atoms with Gasteiger partial charge >= 0.3 is 6.09 Å². The first-order chi connectivity index (χ1) is 12.7. The van der Waals surface area contributed by atoms with Crippen molar-refractivity contribution in [2.75, 3.05) is 0 Å². The first-order valence-corrected chi connectivity index (χ1v) is 9.01. The second-order valence-corrected chi connectivity index (χ2v) is 6.55. The molecule has 6 nitrogen and oxygen atoms in total. The van der Waals surface area contributed by atoms with Crippen molar-refractivity contribution in [3.05, 3.63) is 70.5 Å². The predicted octanol–water partition coefficient (Wildman–Crippen LogP) is 4.88. The highest BCUT2D eigenvalue weighted by Crippen LogP contribution is 2.23. The van der Waals surface area contributed by atoms with Crippen LogP contribution >= 0.6 is 15.9 Å². The lowest BCUT2D eigenvalue weighted by Gasteiger charge is -2.13. The van der Waals surface area contributed by atoms with E-state index in [0.29, 0.717) is 18.1 Å². The normalized spacial score (nSPS) is 11.8. The fraction of sp³-hybridized carbons (Fsp3) is 0.211. The Morgan fingerprint density at radius 2 is 2.04 bits per heavy atom. The van der Waals surface area contributed by atoms with Crippen LogP contribution in [0.2, 0.25) is 0 Å². The molecule has 3 rings (SSSR count). The maximum absolute atomic E-state index is 12.1. The van der Waals surface area contributed by atoms with E-state index in [4.69, 9.17) is 9.26 Å². The van der Waals surface area contributed by atoms with Gasteiger partial charge in [-0.25, -0.2) is 4.79 Å². The van der Waals surface area contributed by atoms with Crippen molar-refractivity contribution in [2.24, 2.45) is 0 Å². The number of rotatable bonds is 6. The van der Waals surface area contributed by atoms with Crippen molar-refractivity contribution in [2.45, 2.75) is 26.0 Å². The van der Waals surface area contributed by atoms with E-state index < -0.39 is 6.09 Å². The first kappa shape index (κ1) is 18.1. The Hall–Kier alpha value is -2.67. The molecule has 3 aromatic rings. The highest BCUT2D eigenvalue weighted by atomic mass is 79.9. The van der Waals surface area contributed by atoms with Crippen molar-refractivity contribution < 1.29 is 14.1 Å². The number of benzene rings is 2. The lowest BCUT2D eigenvalue weighted by atomic mass is 10.2. The fourth-order valence-electron chi connectivity index (χ4n) is 2.37. The molecule has 7 heteroatoms. The number of nitrogens with zero attached hydrogens (tertiary/aromatic N) is 2. The number of halogens is 1. The van der Waals surface area contributed by atoms with E-state index in [1.807, 2.05) is 61.5 Å². The monoisotopic (exact) mass is 415 g/mol. The molecule has 0 aliphatic heterocycles. The van der Waals surface area contributed by atoms with Crippen molar-refractivity contribution in [3.8, 4) is 11.5 Å². The van der Waals surface area contributed by atoms with Gasteiger partial charge in [0, 0.05) is 10.0 Å². The summed E-state index contributed by atoms with van der Waals surface area (Å²) in [5.41, 5.74) is 1.73. The predicted molar refractivity (Wildman–Crippen MR) is 100 cm³/mol. The Labute approximate surface area is 159 Å². The van der Waals surface area contributed by atoms with Crippen molar-refractivity contribution in [1.29, 1.82) is 0 Å². The van der Waals surface area contributed by atoms with Crippen LogP contribution < -0.4 is 5.32 Å². The van der Waals surface area contributed by atoms with Crippen LogP contribution in [0, 0.1) is 0 Å². The second-order valence-electron chi connectivity index (χ2n) is 5.63. The van der Waals surface area contributed by atoms with Gasteiger partial charge < -0.3 is 14.6 Å². The van der Waals surface area contributed by atoms with E-state index in [0.717, 1.165) is 15.6 Å². The largest absolute Gasteiger partial charge is 0.445 e. The molecule has 134 valence electrons. The van der Waals surface area contributed by atoms with E-state index in [2.05, 4.69) is 31.4 Å². The molecule has 0 spiro atoms. The molecule has 1 atom stereocenters. The Bertz CT molecular complexity index is 867. The third-order valence-electron chi connectivity index (χ3n) is 3.74. The zero-order valence-electron chi connectivity index (χ0n) is 14.2. The molecule has 1 heterocycles. The van der Waals surface area contributed by atoms with Gasteiger partial charge in [-0.3, -0.25) is 0 Å². The molecule has 0 aliphatic rings. The van der Waals surface area contributed by atoms with Crippen LogP contribution in [0.25, 0.3) is 11.5 Å². The number of nitrogens with one attached hydrogen (secondary N) is 1. The molecule has 0 fully saturated rings. The molecular formula is C19H18BrN3O3. The average Bonchev–Trinajstić information content (AvgIpc) is 3.15. The quantitative estimate of drug-likeness (QED) is 0.620. The summed E-state index contributed by atoms with van der Waals surface area (Å²) in [5, 5.41) is 6.77. The number of aromatic nitrogens is 2. The summed E-state index contributed by atoms with van der Waals surface area (Å²) < 4.78 is 11.5. The van der Waals surface area contributed by atoms with Crippen LogP contribution in [-0.2, 0) is 11.3 Å². The Balaban J connectivity index is 1.62. The molecular weight excluding hydrogens is 398 g/mol. The summed E-state index contributed by atoms with van der Waals surface area (Å²) in [7, 11) is 0. The standard InChI is InChI=1S/C19H18BrN3O3/c1-2-16(21-19(24)25-12-13-7-4-3-5-8-13)17-22-18(26-23-17)14-9-6-10-15(20)11-14/h3-11,16H,2,12H2,1H3,(H,21,24). The minimum absolute atomic E-state index is 0.207. The highest BCUT2D eigenvalue weighted by Gasteiger charge is 2.20. The number of carbonyl (C=O) groups excluding carboxylic acids is 1. The van der Waals surface area contributed by atoms with E-state index >= 15 is 0 Å². The van der Waals surface area contributed by atoms with Crippen molar-refractivity contribution in [3.63, 3.8) is 0 Å². The summed E-state index contributed by atoms with van der Waals surface area (Å²) in [6.45, 7) is 2.13. The minimum Gasteiger partial charge on any atom is -0.445 e. The average molecular weight is 416 g/mol. The molecule has 0 radical (unpaired) electrons. The lowest BCUT2D eigenvalue weighted by molar-refractivity contribution is 0.134. The van der Waals surface area contributed by atoms with Crippen LogP contribution in [-0.4, -0.2) is 16.2 Å². The third kappa shape index (κ3) is 4.70. The Morgan fingerprint density at radius 1 is 1.23 bits per heavy atom. The summed E-state index contributed by atoms with van der Waals surface area (Å²) >= 11 is 3.41. The van der Waals surface area contributed by atoms with Gasteiger partial charge in [-0.1, -0.05) is 64.4 Å². The van der Waals surface area contributed by atoms with Gasteiger partial charge in [0.1, 0.15) is 6.61 Å². The molecule has 2 aromatic carbocycles. The van der Waals surface area contributed by atoms with Crippen LogP contribution in [0.1, 0.15) is 30.8 Å². The van der Waals surface area contributed by atoms with Gasteiger partial charge in [-0.15, -0.1) is 0 Å². The second kappa shape index (κ2) is 8.62. The van der Waals surface area contributed by atoms with Crippen LogP contribution in [0.5, 0.6) is 0 Å². The van der Waals surface area contributed by atoms with Gasteiger partial charge in [-0.2, -0.15) is 4.98 Å². The summed E-state index contributed by atoms with van der Waals surface area (Å²) in [5.74, 6) is 0.818. The molecule has 1 amide bonds. The minimum atomic E-state index is -0.519. The van der Waals surface area contributed by atoms with Crippen molar-refractivity contribution >= 4 is 22.0 Å². The molecule has 26 heavy (non-hydrogen) atoms. The molecule has 0 aliphatic carbocycles. The molecule has 1 aromatic heterocycles. The van der Waals surface area contributed by atoms with E-state index in [9.17, 15) is 4.79 Å². The Kier molecular flexibility index (Phi) is 6.01. The van der Waals surface area contributed by atoms with Gasteiger partial charge in [0.2, 0.25) is 0 Å². The number of ether oxygens (including phenoxy) is 1. The number of amides is 1. The first-order valence-electron chi connectivity index (χ1n) is 8.22. The van der Waals surface area contributed by atoms with E-state index in [-0.39, 0.29) is 12.6 Å². The zero-order chi connectivity index (χ0) is 18.4. The summed E-state index contributed by atoms with van der Waals surface area (Å²) in [4.78, 5) is 16.4. The van der Waals surface area contributed by atoms with E-state index in [1.54, 1.807) is 0 Å². The van der Waals surface area contributed by atoms with Crippen LogP contribution in [0.4, 0.5) is 4.79 Å². The third-order valence-corrected chi connectivity index (χ3v) is 4.23. The van der Waals surface area contributed by atoms with Crippen molar-refractivity contribution in [1.82, 2.24) is 15.5 Å². The lowest BCUT2D eigenvalue weighted by Crippen LogP contribution is -2.29. The smallest absolute Gasteiger partial charge is 0.408 e. The molecule has 1 N–H and O–H groups in total. The van der Waals surface area contributed by atoms with Gasteiger partial charge in [-0.05, 0) is 30.2 Å². The summed E-state index contributed by atoms with van der Waals surface area (Å²) in [6, 6.07) is 16.7. The molecule has 0 saturated heterocycles. The molecule has 0 bridgehead atoms. The fourth-order valence-corrected chi connectivity index (χ4v) is 2.77. The SMILES string of the molecule is CCC(NC(=O)OCc1ccccc1)c1noc(-c2cccc(Br)c2)n1. The van der Waals surface area contributed by atoms with Crippen LogP contribution in [0.3, 0.4) is 0 Å². The highest BCUT2D eigenvalue weighted by molar-refractivity contribution is 9.10. The van der Waals surface area contributed by atoms with Gasteiger partial charge in [0.25, 0.3) is 5.89 Å². The molecule has 1 unspecified atom stereocenters. The zero-order valence-corrected chi connectivity index (χ0v) is 15.8. The number of carbonyl (C=O) groups is 1. The topological polar surface area (TPSA) is 77.2 Å². The summed E-state index contributed by atoms with van der Waals surface area (Å²) in [6.07, 6.45) is 0.0900. The van der Waals surface area contributed by atoms with Crippen LogP contribution in [0.15, 0.2) is 63.6 Å². The maximum atomic E-state index is 12.1. The van der Waals surface area contributed by atoms with E-state index in [1.165, 1.54) is 0 Å². The Morgan fingerprint density at radius 3 is 2.77 bits per heavy atom. The number of hydrogen-bond donors (Lipinski definition) is 1.